The van der Waals surface area contributed by atoms with Gasteiger partial charge in [0.25, 0.3) is 0 Å². The summed E-state index contributed by atoms with van der Waals surface area (Å²) in [6.07, 6.45) is 0.669. The third-order valence-electron chi connectivity index (χ3n) is 1.29. The molecule has 0 aliphatic heterocycles. The summed E-state index contributed by atoms with van der Waals surface area (Å²) >= 11 is 0. The average molecular weight is 236 g/mol. The summed E-state index contributed by atoms with van der Waals surface area (Å²) in [5.41, 5.74) is 0.962. The monoisotopic (exact) mass is 236 g/mol. The van der Waals surface area contributed by atoms with Crippen molar-refractivity contribution in [3.8, 4) is 5.75 Å². The minimum atomic E-state index is 0. The SMILES string of the molecule is [CH2-]Cc1[c-]ccc(O[B]O)c1.[Y]. The molecule has 0 amide bonds. The molecular formula is C8H8BO2Y-2. The summed E-state index contributed by atoms with van der Waals surface area (Å²) < 4.78 is 4.73. The van der Waals surface area contributed by atoms with E-state index in [1.807, 2.05) is 0 Å². The van der Waals surface area contributed by atoms with Gasteiger partial charge >= 0.3 is 7.69 Å². The molecule has 0 fully saturated rings. The van der Waals surface area contributed by atoms with E-state index in [2.05, 4.69) is 13.0 Å². The number of hydrogen-bond acceptors (Lipinski definition) is 2. The van der Waals surface area contributed by atoms with Crippen LogP contribution in [0.2, 0.25) is 0 Å². The van der Waals surface area contributed by atoms with Crippen molar-refractivity contribution in [3.05, 3.63) is 36.8 Å². The van der Waals surface area contributed by atoms with Crippen molar-refractivity contribution in [1.29, 1.82) is 0 Å². The van der Waals surface area contributed by atoms with E-state index in [0.717, 1.165) is 5.56 Å². The van der Waals surface area contributed by atoms with E-state index in [-0.39, 0.29) is 32.7 Å². The fourth-order valence-electron chi connectivity index (χ4n) is 0.771. The first-order chi connectivity index (χ1) is 5.36. The zero-order valence-corrected chi connectivity index (χ0v) is 9.49. The first-order valence-electron chi connectivity index (χ1n) is 3.29. The fourth-order valence-corrected chi connectivity index (χ4v) is 0.771. The second-order valence-electron chi connectivity index (χ2n) is 2.02. The largest absolute Gasteiger partial charge is 0.567 e. The topological polar surface area (TPSA) is 29.5 Å². The van der Waals surface area contributed by atoms with Crippen LogP contribution >= 0.6 is 0 Å². The van der Waals surface area contributed by atoms with Gasteiger partial charge in [-0.25, -0.2) is 0 Å². The molecule has 1 rings (SSSR count). The van der Waals surface area contributed by atoms with Gasteiger partial charge in [-0.3, -0.25) is 0 Å². The smallest absolute Gasteiger partial charge is 0.558 e. The molecule has 0 heterocycles. The van der Waals surface area contributed by atoms with Gasteiger partial charge in [-0.2, -0.15) is 24.1 Å². The third kappa shape index (κ3) is 3.70. The molecule has 0 aromatic heterocycles. The van der Waals surface area contributed by atoms with E-state index >= 15 is 0 Å². The van der Waals surface area contributed by atoms with E-state index < -0.39 is 0 Å². The summed E-state index contributed by atoms with van der Waals surface area (Å²) in [7, 11) is 0.655. The van der Waals surface area contributed by atoms with Crippen LogP contribution in [0.3, 0.4) is 0 Å². The molecule has 2 nitrogen and oxygen atoms in total. The van der Waals surface area contributed by atoms with Crippen molar-refractivity contribution in [2.24, 2.45) is 0 Å². The van der Waals surface area contributed by atoms with Gasteiger partial charge in [-0.15, -0.1) is 12.1 Å². The van der Waals surface area contributed by atoms with Gasteiger partial charge in [-0.1, -0.05) is 0 Å². The second-order valence-corrected chi connectivity index (χ2v) is 2.02. The van der Waals surface area contributed by atoms with Crippen LogP contribution in [0.4, 0.5) is 0 Å². The van der Waals surface area contributed by atoms with Crippen molar-refractivity contribution >= 4 is 7.69 Å². The maximum Gasteiger partial charge on any atom is 0.567 e. The molecule has 60 valence electrons. The Hall–Kier alpha value is 0.149. The first kappa shape index (κ1) is 12.1. The van der Waals surface area contributed by atoms with Crippen molar-refractivity contribution in [3.63, 3.8) is 0 Å². The molecule has 12 heavy (non-hydrogen) atoms. The molecule has 1 N–H and O–H groups in total. The maximum absolute atomic E-state index is 8.31. The molecule has 0 saturated heterocycles. The van der Waals surface area contributed by atoms with E-state index in [9.17, 15) is 0 Å². The molecule has 0 spiro atoms. The van der Waals surface area contributed by atoms with Crippen LogP contribution in [0.5, 0.6) is 5.75 Å². The first-order valence-corrected chi connectivity index (χ1v) is 3.29. The molecule has 0 saturated carbocycles. The Morgan fingerprint density at radius 1 is 1.67 bits per heavy atom. The summed E-state index contributed by atoms with van der Waals surface area (Å²) in [6.45, 7) is 3.70. The van der Waals surface area contributed by atoms with Gasteiger partial charge in [0.1, 0.15) is 0 Å². The van der Waals surface area contributed by atoms with Crippen molar-refractivity contribution < 1.29 is 42.4 Å². The Labute approximate surface area is 98.5 Å². The molecular weight excluding hydrogens is 228 g/mol. The average Bonchev–Trinajstić information content (AvgIpc) is 2.06. The molecule has 4 heteroatoms. The van der Waals surface area contributed by atoms with Crippen LogP contribution in [0.1, 0.15) is 5.56 Å². The number of rotatable bonds is 3. The zero-order chi connectivity index (χ0) is 8.10. The van der Waals surface area contributed by atoms with Crippen molar-refractivity contribution in [1.82, 2.24) is 0 Å². The van der Waals surface area contributed by atoms with Crippen LogP contribution in [-0.4, -0.2) is 12.7 Å². The summed E-state index contributed by atoms with van der Waals surface area (Å²) in [5, 5.41) is 8.31. The quantitative estimate of drug-likeness (QED) is 0.620. The van der Waals surface area contributed by atoms with Crippen LogP contribution < -0.4 is 4.65 Å². The molecule has 0 atom stereocenters. The predicted molar refractivity (Wildman–Crippen MR) is 42.9 cm³/mol. The maximum atomic E-state index is 8.31. The fraction of sp³-hybridized carbons (Fsp3) is 0.125. The number of hydrogen-bond donors (Lipinski definition) is 1. The Balaban J connectivity index is 0.00000121. The Morgan fingerprint density at radius 2 is 2.42 bits per heavy atom. The number of benzene rings is 1. The van der Waals surface area contributed by atoms with Crippen molar-refractivity contribution in [2.45, 2.75) is 6.42 Å². The van der Waals surface area contributed by atoms with E-state index in [1.54, 1.807) is 18.2 Å². The van der Waals surface area contributed by atoms with E-state index in [4.69, 9.17) is 9.68 Å². The molecule has 0 aliphatic rings. The van der Waals surface area contributed by atoms with E-state index in [1.165, 1.54) is 0 Å². The minimum absolute atomic E-state index is 0. The molecule has 0 unspecified atom stereocenters. The van der Waals surface area contributed by atoms with Crippen LogP contribution in [-0.2, 0) is 39.1 Å². The Kier molecular flexibility index (Phi) is 6.72. The third-order valence-corrected chi connectivity index (χ3v) is 1.29. The van der Waals surface area contributed by atoms with Gasteiger partial charge in [0, 0.05) is 32.7 Å². The van der Waals surface area contributed by atoms with Gasteiger partial charge in [-0.05, 0) is 5.75 Å². The standard InChI is InChI=1S/C8H8BO2.Y/c1-2-7-4-3-5-8(6-7)11-9-10;/h3,5-6,10H,1-2H2;/q-2;. The predicted octanol–water partition coefficient (Wildman–Crippen LogP) is 0.766. The molecule has 1 aromatic rings. The normalized spacial score (nSPS) is 8.50. The van der Waals surface area contributed by atoms with Crippen LogP contribution in [0.25, 0.3) is 0 Å². The van der Waals surface area contributed by atoms with E-state index in [0.29, 0.717) is 19.9 Å². The molecule has 2 radical (unpaired) electrons. The Bertz CT molecular complexity index is 230. The summed E-state index contributed by atoms with van der Waals surface area (Å²) in [4.78, 5) is 0. The summed E-state index contributed by atoms with van der Waals surface area (Å²) in [5.74, 6) is 0.602. The van der Waals surface area contributed by atoms with Crippen molar-refractivity contribution in [2.75, 3.05) is 0 Å². The zero-order valence-electron chi connectivity index (χ0n) is 6.66. The van der Waals surface area contributed by atoms with Gasteiger partial charge < -0.3 is 16.6 Å². The van der Waals surface area contributed by atoms with Gasteiger partial charge in [0.2, 0.25) is 0 Å². The second kappa shape index (κ2) is 6.64. The van der Waals surface area contributed by atoms with Crippen LogP contribution in [0.15, 0.2) is 18.2 Å². The molecule has 1 aromatic carbocycles. The molecule has 0 bridgehead atoms. The van der Waals surface area contributed by atoms with Crippen LogP contribution in [0, 0.1) is 13.0 Å². The Morgan fingerprint density at radius 3 is 3.00 bits per heavy atom. The summed E-state index contributed by atoms with van der Waals surface area (Å²) in [6, 6.07) is 8.21. The minimum Gasteiger partial charge on any atom is -0.558 e. The van der Waals surface area contributed by atoms with Gasteiger partial charge in [0.05, 0.1) is 0 Å². The molecule has 0 aliphatic carbocycles. The van der Waals surface area contributed by atoms with Gasteiger partial charge in [0.15, 0.2) is 0 Å².